The Morgan fingerprint density at radius 1 is 1.31 bits per heavy atom. The van der Waals surface area contributed by atoms with E-state index >= 15 is 0 Å². The van der Waals surface area contributed by atoms with E-state index in [9.17, 15) is 14.9 Å². The first-order chi connectivity index (χ1) is 12.5. The van der Waals surface area contributed by atoms with E-state index in [1.54, 1.807) is 36.0 Å². The van der Waals surface area contributed by atoms with Gasteiger partial charge in [0.1, 0.15) is 18.1 Å². The number of aryl methyl sites for hydroxylation is 2. The molecule has 0 N–H and O–H groups in total. The topological polar surface area (TPSA) is 109 Å². The molecule has 0 spiro atoms. The maximum Gasteiger partial charge on any atom is 0.389 e. The fraction of sp³-hybridized carbons (Fsp3) is 0.235. The van der Waals surface area contributed by atoms with Crippen LogP contribution < -0.4 is 0 Å². The van der Waals surface area contributed by atoms with Crippen molar-refractivity contribution in [3.8, 4) is 0 Å². The number of allylic oxidation sites excluding steroid dienone is 1. The van der Waals surface area contributed by atoms with Crippen LogP contribution in [-0.2, 0) is 13.1 Å². The van der Waals surface area contributed by atoms with Crippen LogP contribution in [0.25, 0.3) is 6.08 Å². The summed E-state index contributed by atoms with van der Waals surface area (Å²) in [5.74, 6) is 0.716. The van der Waals surface area contributed by atoms with Crippen molar-refractivity contribution in [1.82, 2.24) is 19.6 Å². The van der Waals surface area contributed by atoms with Gasteiger partial charge in [-0.3, -0.25) is 9.48 Å². The molecule has 0 saturated carbocycles. The van der Waals surface area contributed by atoms with Gasteiger partial charge in [-0.1, -0.05) is 0 Å². The van der Waals surface area contributed by atoms with Crippen LogP contribution in [0.4, 0.5) is 5.82 Å². The molecule has 0 amide bonds. The minimum Gasteiger partial charge on any atom is -0.460 e. The lowest BCUT2D eigenvalue weighted by Gasteiger charge is -1.93. The van der Waals surface area contributed by atoms with Crippen LogP contribution in [0.1, 0.15) is 34.5 Å². The molecule has 3 rings (SSSR count). The molecule has 0 bridgehead atoms. The largest absolute Gasteiger partial charge is 0.460 e. The summed E-state index contributed by atoms with van der Waals surface area (Å²) in [6.45, 7) is 4.71. The standard InChI is InChI=1S/C17H17N5O4/c1-3-20-11-15(12(2)18-20)16(23)7-6-13-4-5-14(26-13)10-21-9-8-17(19-21)22(24)25/h4-9,11H,3,10H2,1-2H3/b7-6+. The normalized spacial score (nSPS) is 11.3. The Hall–Kier alpha value is -3.49. The van der Waals surface area contributed by atoms with E-state index in [2.05, 4.69) is 10.2 Å². The maximum absolute atomic E-state index is 12.3. The molecule has 3 aromatic heterocycles. The highest BCUT2D eigenvalue weighted by molar-refractivity contribution is 6.07. The van der Waals surface area contributed by atoms with Gasteiger partial charge >= 0.3 is 5.82 Å². The number of carbonyl (C=O) groups is 1. The molecular weight excluding hydrogens is 338 g/mol. The molecule has 0 unspecified atom stereocenters. The fourth-order valence-electron chi connectivity index (χ4n) is 2.43. The Bertz CT molecular complexity index is 979. The van der Waals surface area contributed by atoms with Crippen molar-refractivity contribution in [2.24, 2.45) is 0 Å². The van der Waals surface area contributed by atoms with Crippen molar-refractivity contribution in [1.29, 1.82) is 0 Å². The van der Waals surface area contributed by atoms with Gasteiger partial charge in [-0.2, -0.15) is 9.78 Å². The lowest BCUT2D eigenvalue weighted by atomic mass is 10.1. The third kappa shape index (κ3) is 3.77. The summed E-state index contributed by atoms with van der Waals surface area (Å²) in [6, 6.07) is 4.78. The number of nitrogens with zero attached hydrogens (tertiary/aromatic N) is 5. The number of hydrogen-bond acceptors (Lipinski definition) is 6. The van der Waals surface area contributed by atoms with Gasteiger partial charge in [-0.25, -0.2) is 0 Å². The SMILES string of the molecule is CCn1cc(C(=O)/C=C/c2ccc(Cn3ccc([N+](=O)[O-])n3)o2)c(C)n1. The molecule has 0 aromatic carbocycles. The predicted octanol–water partition coefficient (Wildman–Crippen LogP) is 2.85. The smallest absolute Gasteiger partial charge is 0.389 e. The van der Waals surface area contributed by atoms with Crippen LogP contribution in [0.15, 0.2) is 41.1 Å². The van der Waals surface area contributed by atoms with Gasteiger partial charge in [0.15, 0.2) is 5.78 Å². The van der Waals surface area contributed by atoms with Gasteiger partial charge in [0.25, 0.3) is 0 Å². The van der Waals surface area contributed by atoms with Gasteiger partial charge in [-0.15, -0.1) is 0 Å². The number of carbonyl (C=O) groups excluding carboxylic acids is 1. The lowest BCUT2D eigenvalue weighted by Crippen LogP contribution is -2.00. The molecule has 134 valence electrons. The summed E-state index contributed by atoms with van der Waals surface area (Å²) in [5, 5.41) is 18.7. The molecule has 3 aromatic rings. The second kappa shape index (κ2) is 7.18. The zero-order valence-corrected chi connectivity index (χ0v) is 14.3. The summed E-state index contributed by atoms with van der Waals surface area (Å²) < 4.78 is 8.74. The van der Waals surface area contributed by atoms with Crippen molar-refractivity contribution in [2.75, 3.05) is 0 Å². The molecule has 0 radical (unpaired) electrons. The van der Waals surface area contributed by atoms with Gasteiger partial charge in [0.05, 0.1) is 28.6 Å². The molecular formula is C17H17N5O4. The maximum atomic E-state index is 12.3. The molecule has 3 heterocycles. The van der Waals surface area contributed by atoms with Crippen molar-refractivity contribution in [3.05, 3.63) is 69.6 Å². The first kappa shape index (κ1) is 17.3. The number of nitro groups is 1. The van der Waals surface area contributed by atoms with Gasteiger partial charge in [0, 0.05) is 12.7 Å². The minimum atomic E-state index is -0.554. The molecule has 9 heteroatoms. The number of hydrogen-bond donors (Lipinski definition) is 0. The average Bonchev–Trinajstić information content (AvgIpc) is 3.33. The molecule has 9 nitrogen and oxygen atoms in total. The van der Waals surface area contributed by atoms with Crippen molar-refractivity contribution < 1.29 is 14.1 Å². The summed E-state index contributed by atoms with van der Waals surface area (Å²) in [4.78, 5) is 22.4. The van der Waals surface area contributed by atoms with E-state index in [4.69, 9.17) is 4.42 Å². The van der Waals surface area contributed by atoms with E-state index in [-0.39, 0.29) is 18.1 Å². The fourth-order valence-corrected chi connectivity index (χ4v) is 2.43. The first-order valence-corrected chi connectivity index (χ1v) is 7.99. The molecule has 26 heavy (non-hydrogen) atoms. The van der Waals surface area contributed by atoms with Crippen LogP contribution in [0.2, 0.25) is 0 Å². The quantitative estimate of drug-likeness (QED) is 0.279. The summed E-state index contributed by atoms with van der Waals surface area (Å²) in [5.41, 5.74) is 1.24. The molecule has 0 aliphatic carbocycles. The van der Waals surface area contributed by atoms with Crippen LogP contribution in [0.5, 0.6) is 0 Å². The van der Waals surface area contributed by atoms with Crippen molar-refractivity contribution in [3.63, 3.8) is 0 Å². The van der Waals surface area contributed by atoms with E-state index < -0.39 is 4.92 Å². The number of rotatable bonds is 7. The van der Waals surface area contributed by atoms with Crippen LogP contribution in [0.3, 0.4) is 0 Å². The second-order valence-corrected chi connectivity index (χ2v) is 5.61. The zero-order chi connectivity index (χ0) is 18.7. The van der Waals surface area contributed by atoms with Gasteiger partial charge in [0.2, 0.25) is 0 Å². The Morgan fingerprint density at radius 2 is 2.12 bits per heavy atom. The molecule has 0 atom stereocenters. The van der Waals surface area contributed by atoms with Gasteiger partial charge < -0.3 is 14.5 Å². The third-order valence-corrected chi connectivity index (χ3v) is 3.75. The Morgan fingerprint density at radius 3 is 2.77 bits per heavy atom. The number of aromatic nitrogens is 4. The van der Waals surface area contributed by atoms with E-state index in [1.165, 1.54) is 23.0 Å². The first-order valence-electron chi connectivity index (χ1n) is 7.99. The Balaban J connectivity index is 1.67. The molecule has 0 aliphatic heterocycles. The zero-order valence-electron chi connectivity index (χ0n) is 14.3. The second-order valence-electron chi connectivity index (χ2n) is 5.61. The highest BCUT2D eigenvalue weighted by Crippen LogP contribution is 2.14. The van der Waals surface area contributed by atoms with E-state index in [0.717, 1.165) is 0 Å². The predicted molar refractivity (Wildman–Crippen MR) is 92.7 cm³/mol. The highest BCUT2D eigenvalue weighted by atomic mass is 16.6. The van der Waals surface area contributed by atoms with Crippen LogP contribution in [-0.4, -0.2) is 30.3 Å². The third-order valence-electron chi connectivity index (χ3n) is 3.75. The monoisotopic (exact) mass is 355 g/mol. The Labute approximate surface area is 148 Å². The van der Waals surface area contributed by atoms with Crippen molar-refractivity contribution in [2.45, 2.75) is 26.9 Å². The summed E-state index contributed by atoms with van der Waals surface area (Å²) in [6.07, 6.45) is 6.25. The van der Waals surface area contributed by atoms with E-state index in [0.29, 0.717) is 29.3 Å². The molecule has 0 saturated heterocycles. The summed E-state index contributed by atoms with van der Waals surface area (Å²) >= 11 is 0. The summed E-state index contributed by atoms with van der Waals surface area (Å²) in [7, 11) is 0. The molecule has 0 aliphatic rings. The highest BCUT2D eigenvalue weighted by Gasteiger charge is 2.13. The van der Waals surface area contributed by atoms with Crippen LogP contribution in [0, 0.1) is 17.0 Å². The van der Waals surface area contributed by atoms with E-state index in [1.807, 2.05) is 6.92 Å². The van der Waals surface area contributed by atoms with Crippen LogP contribution >= 0.6 is 0 Å². The number of ketones is 1. The van der Waals surface area contributed by atoms with Gasteiger partial charge in [-0.05, 0) is 43.1 Å². The Kier molecular flexibility index (Phi) is 4.78. The lowest BCUT2D eigenvalue weighted by molar-refractivity contribution is -0.389. The average molecular weight is 355 g/mol. The number of furan rings is 1. The molecule has 0 fully saturated rings. The van der Waals surface area contributed by atoms with Crippen molar-refractivity contribution >= 4 is 17.7 Å². The minimum absolute atomic E-state index is 0.150.